The van der Waals surface area contributed by atoms with Gasteiger partial charge in [0.15, 0.2) is 6.61 Å². The number of esters is 1. The Labute approximate surface area is 134 Å². The summed E-state index contributed by atoms with van der Waals surface area (Å²) in [4.78, 5) is 33.2. The zero-order valence-electron chi connectivity index (χ0n) is 12.0. The molecule has 0 aliphatic heterocycles. The Kier molecular flexibility index (Phi) is 5.15. The highest BCUT2D eigenvalue weighted by atomic mass is 19.1. The molecule has 0 saturated carbocycles. The number of non-ortho nitro benzene ring substituents is 1. The number of benzene rings is 2. The lowest BCUT2D eigenvalue weighted by Crippen LogP contribution is -2.21. The fourth-order valence-electron chi connectivity index (χ4n) is 1.75. The van der Waals surface area contributed by atoms with Gasteiger partial charge in [-0.25, -0.2) is 13.6 Å². The van der Waals surface area contributed by atoms with Crippen molar-refractivity contribution in [3.05, 3.63) is 69.8 Å². The number of nitro benzene ring substituents is 1. The van der Waals surface area contributed by atoms with Gasteiger partial charge in [0.25, 0.3) is 11.6 Å². The van der Waals surface area contributed by atoms with Crippen molar-refractivity contribution in [1.82, 2.24) is 0 Å². The summed E-state index contributed by atoms with van der Waals surface area (Å²) in [5, 5.41) is 12.9. The van der Waals surface area contributed by atoms with E-state index in [1.165, 1.54) is 24.3 Å². The highest BCUT2D eigenvalue weighted by Gasteiger charge is 2.13. The summed E-state index contributed by atoms with van der Waals surface area (Å²) in [5.74, 6) is -3.67. The average Bonchev–Trinajstić information content (AvgIpc) is 2.52. The topological polar surface area (TPSA) is 98.5 Å². The Hall–Kier alpha value is -3.36. The van der Waals surface area contributed by atoms with E-state index in [2.05, 4.69) is 10.1 Å². The van der Waals surface area contributed by atoms with Crippen LogP contribution >= 0.6 is 0 Å². The molecule has 24 heavy (non-hydrogen) atoms. The van der Waals surface area contributed by atoms with Crippen LogP contribution in [-0.2, 0) is 9.53 Å². The molecular formula is C15H10F2N2O5. The van der Waals surface area contributed by atoms with Crippen molar-refractivity contribution < 1.29 is 28.0 Å². The fourth-order valence-corrected chi connectivity index (χ4v) is 1.75. The Morgan fingerprint density at radius 3 is 2.21 bits per heavy atom. The molecule has 0 aliphatic rings. The van der Waals surface area contributed by atoms with Crippen molar-refractivity contribution in [3.63, 3.8) is 0 Å². The van der Waals surface area contributed by atoms with Crippen molar-refractivity contribution in [3.8, 4) is 0 Å². The molecule has 0 fully saturated rings. The van der Waals surface area contributed by atoms with Crippen LogP contribution in [0.25, 0.3) is 0 Å². The third-order valence-electron chi connectivity index (χ3n) is 2.79. The van der Waals surface area contributed by atoms with Crippen LogP contribution < -0.4 is 5.32 Å². The van der Waals surface area contributed by atoms with E-state index in [1.807, 2.05) is 0 Å². The number of carbonyl (C=O) groups is 2. The minimum Gasteiger partial charge on any atom is -0.452 e. The van der Waals surface area contributed by atoms with Crippen molar-refractivity contribution in [2.75, 3.05) is 11.9 Å². The SMILES string of the molecule is O=C(COC(=O)c1cc(F)cc(F)c1)Nc1ccc([N+](=O)[O-])cc1. The Bertz CT molecular complexity index is 773. The molecule has 0 saturated heterocycles. The number of halogens is 2. The van der Waals surface area contributed by atoms with E-state index in [1.54, 1.807) is 0 Å². The van der Waals surface area contributed by atoms with Crippen molar-refractivity contribution in [2.45, 2.75) is 0 Å². The van der Waals surface area contributed by atoms with Gasteiger partial charge in [-0.1, -0.05) is 0 Å². The van der Waals surface area contributed by atoms with Crippen LogP contribution in [-0.4, -0.2) is 23.4 Å². The molecule has 0 spiro atoms. The molecule has 9 heteroatoms. The van der Waals surface area contributed by atoms with Gasteiger partial charge in [0.2, 0.25) is 0 Å². The maximum Gasteiger partial charge on any atom is 0.338 e. The van der Waals surface area contributed by atoms with Crippen molar-refractivity contribution in [1.29, 1.82) is 0 Å². The summed E-state index contributed by atoms with van der Waals surface area (Å²) < 4.78 is 30.6. The van der Waals surface area contributed by atoms with Crippen LogP contribution in [0, 0.1) is 21.7 Å². The van der Waals surface area contributed by atoms with Gasteiger partial charge in [-0.05, 0) is 24.3 Å². The summed E-state index contributed by atoms with van der Waals surface area (Å²) in [5.41, 5.74) is -0.248. The molecule has 0 aliphatic carbocycles. The van der Waals surface area contributed by atoms with Gasteiger partial charge in [0.1, 0.15) is 11.6 Å². The molecule has 0 atom stereocenters. The molecule has 0 bridgehead atoms. The van der Waals surface area contributed by atoms with Gasteiger partial charge in [-0.2, -0.15) is 0 Å². The van der Waals surface area contributed by atoms with Gasteiger partial charge >= 0.3 is 5.97 Å². The van der Waals surface area contributed by atoms with Crippen LogP contribution in [0.1, 0.15) is 10.4 Å². The summed E-state index contributed by atoms with van der Waals surface area (Å²) in [6, 6.07) is 7.14. The van der Waals surface area contributed by atoms with Gasteiger partial charge in [0.05, 0.1) is 10.5 Å². The lowest BCUT2D eigenvalue weighted by molar-refractivity contribution is -0.384. The Morgan fingerprint density at radius 1 is 1.08 bits per heavy atom. The van der Waals surface area contributed by atoms with Gasteiger partial charge in [-0.15, -0.1) is 0 Å². The third-order valence-corrected chi connectivity index (χ3v) is 2.79. The van der Waals surface area contributed by atoms with Gasteiger partial charge < -0.3 is 10.1 Å². The van der Waals surface area contributed by atoms with Crippen LogP contribution in [0.2, 0.25) is 0 Å². The maximum absolute atomic E-state index is 13.0. The van der Waals surface area contributed by atoms with Crippen LogP contribution in [0.3, 0.4) is 0 Å². The molecule has 1 amide bonds. The number of nitrogens with one attached hydrogen (secondary N) is 1. The first kappa shape index (κ1) is 17.0. The number of ether oxygens (including phenoxy) is 1. The molecule has 0 aromatic heterocycles. The summed E-state index contributed by atoms with van der Waals surface area (Å²) in [7, 11) is 0. The van der Waals surface area contributed by atoms with E-state index in [-0.39, 0.29) is 16.9 Å². The average molecular weight is 336 g/mol. The molecule has 124 valence electrons. The molecule has 2 aromatic carbocycles. The molecule has 7 nitrogen and oxygen atoms in total. The van der Waals surface area contributed by atoms with E-state index in [9.17, 15) is 28.5 Å². The highest BCUT2D eigenvalue weighted by Crippen LogP contribution is 2.15. The molecule has 1 N–H and O–H groups in total. The van der Waals surface area contributed by atoms with Crippen molar-refractivity contribution >= 4 is 23.3 Å². The first-order valence-corrected chi connectivity index (χ1v) is 6.52. The third kappa shape index (κ3) is 4.57. The van der Waals surface area contributed by atoms with E-state index in [0.717, 1.165) is 12.1 Å². The molecule has 2 rings (SSSR count). The normalized spacial score (nSPS) is 10.1. The predicted molar refractivity (Wildman–Crippen MR) is 78.4 cm³/mol. The van der Waals surface area contributed by atoms with E-state index in [4.69, 9.17) is 0 Å². The minimum atomic E-state index is -1.06. The quantitative estimate of drug-likeness (QED) is 0.514. The highest BCUT2D eigenvalue weighted by molar-refractivity contribution is 5.95. The standard InChI is InChI=1S/C15H10F2N2O5/c16-10-5-9(6-11(17)7-10)15(21)24-8-14(20)18-12-1-3-13(4-2-12)19(22)23/h1-7H,8H2,(H,18,20). The maximum atomic E-state index is 13.0. The monoisotopic (exact) mass is 336 g/mol. The summed E-state index contributed by atoms with van der Waals surface area (Å²) >= 11 is 0. The predicted octanol–water partition coefficient (Wildman–Crippen LogP) is 2.67. The number of hydrogen-bond donors (Lipinski definition) is 1. The van der Waals surface area contributed by atoms with Gasteiger partial charge in [-0.3, -0.25) is 14.9 Å². The zero-order valence-corrected chi connectivity index (χ0v) is 12.0. The summed E-state index contributed by atoms with van der Waals surface area (Å²) in [6.45, 7) is -0.687. The molecule has 0 heterocycles. The van der Waals surface area contributed by atoms with E-state index in [0.29, 0.717) is 6.07 Å². The van der Waals surface area contributed by atoms with Crippen LogP contribution in [0.4, 0.5) is 20.2 Å². The van der Waals surface area contributed by atoms with E-state index >= 15 is 0 Å². The number of carbonyl (C=O) groups excluding carboxylic acids is 2. The summed E-state index contributed by atoms with van der Waals surface area (Å²) in [6.07, 6.45) is 0. The first-order valence-electron chi connectivity index (χ1n) is 6.52. The molecular weight excluding hydrogens is 326 g/mol. The van der Waals surface area contributed by atoms with Crippen molar-refractivity contribution in [2.24, 2.45) is 0 Å². The largest absolute Gasteiger partial charge is 0.452 e. The number of amides is 1. The molecule has 2 aromatic rings. The fraction of sp³-hybridized carbons (Fsp3) is 0.0667. The second-order valence-corrected chi connectivity index (χ2v) is 4.59. The molecule has 0 radical (unpaired) electrons. The lowest BCUT2D eigenvalue weighted by Gasteiger charge is -2.07. The zero-order chi connectivity index (χ0) is 17.7. The number of rotatable bonds is 5. The number of hydrogen-bond acceptors (Lipinski definition) is 5. The van der Waals surface area contributed by atoms with E-state index < -0.39 is 35.0 Å². The Balaban J connectivity index is 1.90. The first-order chi connectivity index (χ1) is 11.3. The number of nitrogens with zero attached hydrogens (tertiary/aromatic N) is 1. The second kappa shape index (κ2) is 7.27. The van der Waals surface area contributed by atoms with Crippen LogP contribution in [0.15, 0.2) is 42.5 Å². The second-order valence-electron chi connectivity index (χ2n) is 4.59. The van der Waals surface area contributed by atoms with Crippen LogP contribution in [0.5, 0.6) is 0 Å². The smallest absolute Gasteiger partial charge is 0.338 e. The lowest BCUT2D eigenvalue weighted by atomic mass is 10.2. The Morgan fingerprint density at radius 2 is 1.67 bits per heavy atom. The van der Waals surface area contributed by atoms with Gasteiger partial charge in [0, 0.05) is 23.9 Å². The molecule has 0 unspecified atom stereocenters. The number of nitro groups is 1. The minimum absolute atomic E-state index is 0.146. The number of anilines is 1.